The molecule has 0 saturated heterocycles. The fraction of sp³-hybridized carbons (Fsp3) is 0.0500. The first-order valence-corrected chi connectivity index (χ1v) is 14.9. The summed E-state index contributed by atoms with van der Waals surface area (Å²) in [6.07, 6.45) is 7.75. The summed E-state index contributed by atoms with van der Waals surface area (Å²) in [6, 6.07) is 41.3. The number of furan rings is 2. The van der Waals surface area contributed by atoms with Gasteiger partial charge in [0.05, 0.1) is 6.04 Å². The van der Waals surface area contributed by atoms with Crippen molar-refractivity contribution in [2.24, 2.45) is 0 Å². The Bertz CT molecular complexity index is 2490. The molecule has 6 aromatic carbocycles. The number of hydrogen-bond donors (Lipinski definition) is 0. The molecule has 1 aliphatic heterocycles. The number of allylic oxidation sites excluding steroid dienone is 2. The molecule has 1 aliphatic carbocycles. The standard InChI is InChI=1S/C40H25NO2/c1-4-13-34-33(10-1)38-29-20-21-31-28-9-3-6-15-37(28)43-40(31)32(29)22-23-35(38)41(34)25-18-16-24(17-19-25)26-11-7-12-30-27-8-2-5-14-36(27)42-39(26)30/h1-12,14-23,34H,13H2. The zero-order valence-electron chi connectivity index (χ0n) is 23.2. The highest BCUT2D eigenvalue weighted by atomic mass is 16.3. The van der Waals surface area contributed by atoms with Crippen LogP contribution in [0.4, 0.5) is 11.4 Å². The highest BCUT2D eigenvalue weighted by molar-refractivity contribution is 6.19. The maximum Gasteiger partial charge on any atom is 0.143 e. The first-order chi connectivity index (χ1) is 21.3. The first-order valence-electron chi connectivity index (χ1n) is 14.9. The van der Waals surface area contributed by atoms with Crippen molar-refractivity contribution in [3.8, 4) is 11.1 Å². The van der Waals surface area contributed by atoms with Crippen molar-refractivity contribution in [2.75, 3.05) is 4.90 Å². The van der Waals surface area contributed by atoms with Crippen LogP contribution in [0.3, 0.4) is 0 Å². The van der Waals surface area contributed by atoms with Gasteiger partial charge in [0, 0.05) is 49.4 Å². The van der Waals surface area contributed by atoms with E-state index in [-0.39, 0.29) is 6.04 Å². The van der Waals surface area contributed by atoms with Crippen LogP contribution < -0.4 is 4.90 Å². The van der Waals surface area contributed by atoms with Crippen LogP contribution in [-0.4, -0.2) is 6.04 Å². The molecule has 3 heteroatoms. The molecule has 2 aromatic heterocycles. The maximum atomic E-state index is 6.42. The first kappa shape index (κ1) is 23.1. The van der Waals surface area contributed by atoms with Gasteiger partial charge in [-0.1, -0.05) is 91.0 Å². The zero-order valence-corrected chi connectivity index (χ0v) is 23.2. The lowest BCUT2D eigenvalue weighted by molar-refractivity contribution is 0.670. The number of para-hydroxylation sites is 3. The van der Waals surface area contributed by atoms with Crippen molar-refractivity contribution in [1.29, 1.82) is 0 Å². The highest BCUT2D eigenvalue weighted by Crippen LogP contribution is 2.51. The van der Waals surface area contributed by atoms with E-state index in [9.17, 15) is 0 Å². The van der Waals surface area contributed by atoms with Crippen molar-refractivity contribution in [3.05, 3.63) is 139 Å². The fourth-order valence-corrected chi connectivity index (χ4v) is 7.46. The summed E-state index contributed by atoms with van der Waals surface area (Å²) in [4.78, 5) is 2.51. The van der Waals surface area contributed by atoms with E-state index in [4.69, 9.17) is 8.83 Å². The Kier molecular flexibility index (Phi) is 4.56. The van der Waals surface area contributed by atoms with Crippen LogP contribution in [0.2, 0.25) is 0 Å². The second-order valence-corrected chi connectivity index (χ2v) is 11.6. The molecule has 0 amide bonds. The molecule has 3 nitrogen and oxygen atoms in total. The molecule has 0 N–H and O–H groups in total. The summed E-state index contributed by atoms with van der Waals surface area (Å²) >= 11 is 0. The molecule has 202 valence electrons. The van der Waals surface area contributed by atoms with Gasteiger partial charge in [-0.3, -0.25) is 0 Å². The number of hydrogen-bond acceptors (Lipinski definition) is 3. The van der Waals surface area contributed by atoms with E-state index >= 15 is 0 Å². The molecule has 2 aliphatic rings. The van der Waals surface area contributed by atoms with Crippen LogP contribution in [0.5, 0.6) is 0 Å². The number of nitrogens with zero attached hydrogens (tertiary/aromatic N) is 1. The average molecular weight is 552 g/mol. The Labute approximate surface area is 247 Å². The van der Waals surface area contributed by atoms with Gasteiger partial charge in [-0.05, 0) is 65.4 Å². The summed E-state index contributed by atoms with van der Waals surface area (Å²) in [5.41, 5.74) is 11.1. The molecule has 10 rings (SSSR count). The molecular formula is C40H25NO2. The summed E-state index contributed by atoms with van der Waals surface area (Å²) in [5, 5.41) is 7.05. The predicted octanol–water partition coefficient (Wildman–Crippen LogP) is 11.2. The van der Waals surface area contributed by atoms with Gasteiger partial charge in [0.15, 0.2) is 0 Å². The van der Waals surface area contributed by atoms with Crippen molar-refractivity contribution in [2.45, 2.75) is 12.5 Å². The summed E-state index contributed by atoms with van der Waals surface area (Å²) in [7, 11) is 0. The van der Waals surface area contributed by atoms with E-state index in [1.807, 2.05) is 18.2 Å². The van der Waals surface area contributed by atoms with Gasteiger partial charge < -0.3 is 13.7 Å². The normalized spacial score (nSPS) is 16.0. The third kappa shape index (κ3) is 3.14. The molecule has 0 fully saturated rings. The Balaban J connectivity index is 1.12. The smallest absolute Gasteiger partial charge is 0.143 e. The molecule has 0 bridgehead atoms. The van der Waals surface area contributed by atoms with Crippen LogP contribution in [0, 0.1) is 0 Å². The fourth-order valence-electron chi connectivity index (χ4n) is 7.46. The lowest BCUT2D eigenvalue weighted by Crippen LogP contribution is -2.26. The maximum absolute atomic E-state index is 6.42. The number of anilines is 2. The summed E-state index contributed by atoms with van der Waals surface area (Å²) < 4.78 is 12.8. The molecular weight excluding hydrogens is 526 g/mol. The van der Waals surface area contributed by atoms with Gasteiger partial charge >= 0.3 is 0 Å². The number of fused-ring (bicyclic) bond motifs is 12. The highest BCUT2D eigenvalue weighted by Gasteiger charge is 2.36. The monoisotopic (exact) mass is 551 g/mol. The van der Waals surface area contributed by atoms with Gasteiger partial charge in [0.1, 0.15) is 22.3 Å². The third-order valence-electron chi connectivity index (χ3n) is 9.37. The van der Waals surface area contributed by atoms with Gasteiger partial charge in [-0.25, -0.2) is 0 Å². The Morgan fingerprint density at radius 2 is 1.21 bits per heavy atom. The summed E-state index contributed by atoms with van der Waals surface area (Å²) in [6.45, 7) is 0. The minimum atomic E-state index is 0.252. The van der Waals surface area contributed by atoms with Crippen molar-refractivity contribution < 1.29 is 8.83 Å². The van der Waals surface area contributed by atoms with E-state index in [1.165, 1.54) is 33.3 Å². The Morgan fingerprint density at radius 3 is 2.02 bits per heavy atom. The van der Waals surface area contributed by atoms with Gasteiger partial charge in [-0.2, -0.15) is 0 Å². The Hall–Kier alpha value is -5.54. The van der Waals surface area contributed by atoms with E-state index in [0.29, 0.717) is 0 Å². The van der Waals surface area contributed by atoms with Crippen LogP contribution in [0.15, 0.2) is 142 Å². The molecule has 43 heavy (non-hydrogen) atoms. The van der Waals surface area contributed by atoms with Crippen molar-refractivity contribution in [3.63, 3.8) is 0 Å². The van der Waals surface area contributed by atoms with Crippen LogP contribution >= 0.6 is 0 Å². The zero-order chi connectivity index (χ0) is 28.1. The van der Waals surface area contributed by atoms with E-state index < -0.39 is 0 Å². The third-order valence-corrected chi connectivity index (χ3v) is 9.37. The van der Waals surface area contributed by atoms with Gasteiger partial charge in [-0.15, -0.1) is 0 Å². The van der Waals surface area contributed by atoms with Crippen molar-refractivity contribution in [1.82, 2.24) is 0 Å². The topological polar surface area (TPSA) is 29.5 Å². The molecule has 0 saturated carbocycles. The lowest BCUT2D eigenvalue weighted by Gasteiger charge is -2.28. The quantitative estimate of drug-likeness (QED) is 0.214. The lowest BCUT2D eigenvalue weighted by atomic mass is 9.92. The molecule has 3 heterocycles. The molecule has 1 unspecified atom stereocenters. The second-order valence-electron chi connectivity index (χ2n) is 11.6. The largest absolute Gasteiger partial charge is 0.455 e. The van der Waals surface area contributed by atoms with Crippen molar-refractivity contribution >= 4 is 71.6 Å². The van der Waals surface area contributed by atoms with Gasteiger partial charge in [0.2, 0.25) is 0 Å². The van der Waals surface area contributed by atoms with E-state index in [1.54, 1.807) is 0 Å². The minimum absolute atomic E-state index is 0.252. The predicted molar refractivity (Wildman–Crippen MR) is 178 cm³/mol. The molecule has 8 aromatic rings. The van der Waals surface area contributed by atoms with E-state index in [0.717, 1.165) is 61.4 Å². The SMILES string of the molecule is C1=CCC2C(=C1)c1c(ccc3c1ccc1c4ccccc4oc31)N2c1ccc(-c2cccc3c2oc2ccccc23)cc1. The van der Waals surface area contributed by atoms with Crippen LogP contribution in [-0.2, 0) is 0 Å². The number of rotatable bonds is 2. The Morgan fingerprint density at radius 1 is 0.558 bits per heavy atom. The van der Waals surface area contributed by atoms with E-state index in [2.05, 4.69) is 120 Å². The van der Waals surface area contributed by atoms with Gasteiger partial charge in [0.25, 0.3) is 0 Å². The molecule has 0 radical (unpaired) electrons. The molecule has 1 atom stereocenters. The second kappa shape index (κ2) is 8.50. The summed E-state index contributed by atoms with van der Waals surface area (Å²) in [5.74, 6) is 0. The van der Waals surface area contributed by atoms with Crippen LogP contribution in [0.1, 0.15) is 12.0 Å². The molecule has 0 spiro atoms. The minimum Gasteiger partial charge on any atom is -0.455 e. The van der Waals surface area contributed by atoms with Crippen LogP contribution in [0.25, 0.3) is 71.3 Å². The average Bonchev–Trinajstić information content (AvgIpc) is 3.74. The number of benzene rings is 6.